The van der Waals surface area contributed by atoms with Gasteiger partial charge in [0.05, 0.1) is 33.6 Å². The lowest BCUT2D eigenvalue weighted by Crippen LogP contribution is -2.01. The summed E-state index contributed by atoms with van der Waals surface area (Å²) in [4.78, 5) is 20.3. The molecule has 0 aliphatic carbocycles. The SMILES string of the molecule is CC(=Nc1ccccc1C)c1cc(-c2cccc(-c3cccc(-c4cc5c(cn4)c4ccccc4n4c6ccccc6nc54)c3)c2)ncc1-c1ccccc1C. The van der Waals surface area contributed by atoms with Crippen LogP contribution >= 0.6 is 0 Å². The number of nitrogens with zero attached hydrogens (tertiary/aromatic N) is 5. The predicted molar refractivity (Wildman–Crippen MR) is 233 cm³/mol. The zero-order valence-electron chi connectivity index (χ0n) is 31.4. The van der Waals surface area contributed by atoms with E-state index in [2.05, 4.69) is 171 Å². The van der Waals surface area contributed by atoms with E-state index < -0.39 is 0 Å². The van der Waals surface area contributed by atoms with Gasteiger partial charge in [-0.25, -0.2) is 4.98 Å². The molecule has 4 aromatic heterocycles. The van der Waals surface area contributed by atoms with Crippen molar-refractivity contribution in [1.82, 2.24) is 19.4 Å². The van der Waals surface area contributed by atoms with E-state index in [-0.39, 0.29) is 0 Å². The van der Waals surface area contributed by atoms with Crippen LogP contribution in [-0.2, 0) is 0 Å². The third kappa shape index (κ3) is 5.73. The fourth-order valence-electron chi connectivity index (χ4n) is 8.01. The molecule has 0 radical (unpaired) electrons. The number of para-hydroxylation sites is 4. The van der Waals surface area contributed by atoms with E-state index in [1.807, 2.05) is 24.5 Å². The molecule has 10 aromatic rings. The van der Waals surface area contributed by atoms with Gasteiger partial charge in [-0.05, 0) is 97.1 Å². The summed E-state index contributed by atoms with van der Waals surface area (Å²) in [5, 5.41) is 3.33. The van der Waals surface area contributed by atoms with Gasteiger partial charge in [0.15, 0.2) is 0 Å². The molecule has 6 aromatic carbocycles. The number of hydrogen-bond acceptors (Lipinski definition) is 4. The molecule has 0 unspecified atom stereocenters. The van der Waals surface area contributed by atoms with E-state index in [0.29, 0.717) is 0 Å². The highest BCUT2D eigenvalue weighted by Crippen LogP contribution is 2.36. The van der Waals surface area contributed by atoms with Crippen molar-refractivity contribution in [3.05, 3.63) is 187 Å². The van der Waals surface area contributed by atoms with Crippen molar-refractivity contribution < 1.29 is 0 Å². The van der Waals surface area contributed by atoms with Crippen LogP contribution in [0.15, 0.2) is 175 Å². The van der Waals surface area contributed by atoms with Crippen LogP contribution in [0.25, 0.3) is 83.1 Å². The topological polar surface area (TPSA) is 55.4 Å². The van der Waals surface area contributed by atoms with E-state index in [0.717, 1.165) is 106 Å². The van der Waals surface area contributed by atoms with Gasteiger partial charge in [0.1, 0.15) is 5.65 Å². The van der Waals surface area contributed by atoms with Gasteiger partial charge in [0.2, 0.25) is 0 Å². The molecule has 0 fully saturated rings. The van der Waals surface area contributed by atoms with Gasteiger partial charge in [0, 0.05) is 56.5 Å². The minimum absolute atomic E-state index is 0.897. The quantitative estimate of drug-likeness (QED) is 0.127. The summed E-state index contributed by atoms with van der Waals surface area (Å²) in [6, 6.07) is 55.3. The van der Waals surface area contributed by atoms with Gasteiger partial charge in [-0.3, -0.25) is 19.4 Å². The lowest BCUT2D eigenvalue weighted by atomic mass is 9.93. The van der Waals surface area contributed by atoms with Crippen LogP contribution in [0.5, 0.6) is 0 Å². The van der Waals surface area contributed by atoms with Crippen molar-refractivity contribution in [2.75, 3.05) is 0 Å². The number of aromatic nitrogens is 4. The van der Waals surface area contributed by atoms with Gasteiger partial charge in [-0.1, -0.05) is 109 Å². The van der Waals surface area contributed by atoms with Gasteiger partial charge in [0.25, 0.3) is 0 Å². The minimum atomic E-state index is 0.897. The zero-order valence-corrected chi connectivity index (χ0v) is 31.4. The smallest absolute Gasteiger partial charge is 0.146 e. The van der Waals surface area contributed by atoms with Gasteiger partial charge < -0.3 is 0 Å². The number of aliphatic imine (C=N–C) groups is 1. The Morgan fingerprint density at radius 1 is 0.500 bits per heavy atom. The molecule has 266 valence electrons. The Hall–Kier alpha value is -7.24. The summed E-state index contributed by atoms with van der Waals surface area (Å²) in [6.45, 7) is 6.34. The van der Waals surface area contributed by atoms with Crippen LogP contribution in [0.3, 0.4) is 0 Å². The second kappa shape index (κ2) is 13.6. The molecule has 0 saturated carbocycles. The Labute approximate surface area is 325 Å². The summed E-state index contributed by atoms with van der Waals surface area (Å²) in [5.74, 6) is 0. The maximum atomic E-state index is 5.12. The van der Waals surface area contributed by atoms with Crippen molar-refractivity contribution in [3.63, 3.8) is 0 Å². The Bertz CT molecular complexity index is 3190. The first-order valence-electron chi connectivity index (χ1n) is 19.0. The average molecular weight is 720 g/mol. The number of imidazole rings is 1. The van der Waals surface area contributed by atoms with Crippen molar-refractivity contribution >= 4 is 49.8 Å². The lowest BCUT2D eigenvalue weighted by molar-refractivity contribution is 1.30. The zero-order chi connectivity index (χ0) is 37.8. The third-order valence-corrected chi connectivity index (χ3v) is 10.9. The van der Waals surface area contributed by atoms with Crippen molar-refractivity contribution in [2.24, 2.45) is 4.99 Å². The maximum Gasteiger partial charge on any atom is 0.146 e. The number of rotatable bonds is 6. The van der Waals surface area contributed by atoms with Gasteiger partial charge in [-0.2, -0.15) is 0 Å². The molecule has 0 bridgehead atoms. The number of hydrogen-bond donors (Lipinski definition) is 0. The monoisotopic (exact) mass is 719 g/mol. The van der Waals surface area contributed by atoms with Crippen molar-refractivity contribution in [3.8, 4) is 44.8 Å². The summed E-state index contributed by atoms with van der Waals surface area (Å²) >= 11 is 0. The average Bonchev–Trinajstić information content (AvgIpc) is 3.65. The van der Waals surface area contributed by atoms with Crippen molar-refractivity contribution in [2.45, 2.75) is 20.8 Å². The summed E-state index contributed by atoms with van der Waals surface area (Å²) in [6.07, 6.45) is 4.01. The third-order valence-electron chi connectivity index (χ3n) is 10.9. The van der Waals surface area contributed by atoms with E-state index >= 15 is 0 Å². The van der Waals surface area contributed by atoms with Gasteiger partial charge in [-0.15, -0.1) is 0 Å². The fraction of sp³-hybridized carbons (Fsp3) is 0.0588. The molecule has 5 nitrogen and oxygen atoms in total. The molecule has 10 rings (SSSR count). The molecule has 0 saturated heterocycles. The highest BCUT2D eigenvalue weighted by atomic mass is 15.0. The normalized spacial score (nSPS) is 11.9. The first kappa shape index (κ1) is 33.3. The summed E-state index contributed by atoms with van der Waals surface area (Å²) in [5.41, 5.74) is 17.8. The molecule has 0 spiro atoms. The minimum Gasteiger partial charge on any atom is -0.292 e. The number of fused-ring (bicyclic) bond motifs is 8. The van der Waals surface area contributed by atoms with Crippen LogP contribution < -0.4 is 0 Å². The Balaban J connectivity index is 1.06. The van der Waals surface area contributed by atoms with E-state index in [9.17, 15) is 0 Å². The van der Waals surface area contributed by atoms with Crippen LogP contribution in [0, 0.1) is 13.8 Å². The number of aryl methyl sites for hydroxylation is 2. The Kier molecular flexibility index (Phi) is 8.07. The molecule has 56 heavy (non-hydrogen) atoms. The molecule has 0 aliphatic heterocycles. The summed E-state index contributed by atoms with van der Waals surface area (Å²) < 4.78 is 2.28. The molecular formula is C51H37N5. The molecule has 5 heteroatoms. The number of pyridine rings is 3. The standard InChI is InChI=1S/C51H37N5/c1-32-14-4-6-20-39(32)43-30-52-47(28-41(43)34(3)54-45-22-8-5-15-33(45)2)37-18-12-16-35(26-37)36-17-13-19-38(27-36)48-29-42-44(31-53-48)40-21-7-10-24-49(40)56-50-25-11-9-23-46(50)55-51(42)56/h4-31H,1-3H3. The largest absolute Gasteiger partial charge is 0.292 e. The second-order valence-electron chi connectivity index (χ2n) is 14.5. The van der Waals surface area contributed by atoms with E-state index in [1.54, 1.807) is 0 Å². The van der Waals surface area contributed by atoms with Gasteiger partial charge >= 0.3 is 0 Å². The molecular weight excluding hydrogens is 683 g/mol. The Morgan fingerprint density at radius 2 is 1.12 bits per heavy atom. The van der Waals surface area contributed by atoms with E-state index in [1.165, 1.54) is 5.56 Å². The maximum absolute atomic E-state index is 5.12. The number of benzene rings is 6. The van der Waals surface area contributed by atoms with E-state index in [4.69, 9.17) is 19.9 Å². The highest BCUT2D eigenvalue weighted by molar-refractivity contribution is 6.14. The van der Waals surface area contributed by atoms with Crippen LogP contribution in [0.4, 0.5) is 5.69 Å². The first-order valence-corrected chi connectivity index (χ1v) is 19.0. The molecule has 0 aliphatic rings. The second-order valence-corrected chi connectivity index (χ2v) is 14.5. The molecule has 0 amide bonds. The summed E-state index contributed by atoms with van der Waals surface area (Å²) in [7, 11) is 0. The highest BCUT2D eigenvalue weighted by Gasteiger charge is 2.17. The fourth-order valence-corrected chi connectivity index (χ4v) is 8.01. The van der Waals surface area contributed by atoms with Crippen LogP contribution in [-0.4, -0.2) is 25.1 Å². The molecule has 0 atom stereocenters. The van der Waals surface area contributed by atoms with Crippen LogP contribution in [0.1, 0.15) is 23.6 Å². The Morgan fingerprint density at radius 3 is 1.89 bits per heavy atom. The van der Waals surface area contributed by atoms with Crippen molar-refractivity contribution in [1.29, 1.82) is 0 Å². The predicted octanol–water partition coefficient (Wildman–Crippen LogP) is 13.0. The van der Waals surface area contributed by atoms with Crippen LogP contribution in [0.2, 0.25) is 0 Å². The molecule has 4 heterocycles. The first-order chi connectivity index (χ1) is 27.5. The molecule has 0 N–H and O–H groups in total. The lowest BCUT2D eigenvalue weighted by Gasteiger charge is -2.15.